The predicted octanol–water partition coefficient (Wildman–Crippen LogP) is 2.46. The van der Waals surface area contributed by atoms with Crippen LogP contribution >= 0.6 is 0 Å². The molecular formula is C15H20N2O2. The van der Waals surface area contributed by atoms with Gasteiger partial charge in [0.25, 0.3) is 0 Å². The molecule has 4 nitrogen and oxygen atoms in total. The van der Waals surface area contributed by atoms with E-state index in [-0.39, 0.29) is 6.10 Å². The Morgan fingerprint density at radius 3 is 2.63 bits per heavy atom. The third-order valence-corrected chi connectivity index (χ3v) is 2.91. The smallest absolute Gasteiger partial charge is 0.151 e. The molecule has 0 amide bonds. The first-order chi connectivity index (χ1) is 9.04. The van der Waals surface area contributed by atoms with Crippen molar-refractivity contribution in [3.05, 3.63) is 41.7 Å². The maximum Gasteiger partial charge on any atom is 0.151 e. The fraction of sp³-hybridized carbons (Fsp3) is 0.400. The van der Waals surface area contributed by atoms with Crippen LogP contribution in [0.1, 0.15) is 18.2 Å². The van der Waals surface area contributed by atoms with Gasteiger partial charge in [0.2, 0.25) is 0 Å². The van der Waals surface area contributed by atoms with Gasteiger partial charge in [-0.3, -0.25) is 4.90 Å². The highest BCUT2D eigenvalue weighted by atomic mass is 16.5. The zero-order valence-electron chi connectivity index (χ0n) is 11.6. The van der Waals surface area contributed by atoms with Gasteiger partial charge in [-0.05, 0) is 20.9 Å². The van der Waals surface area contributed by atoms with Gasteiger partial charge in [0.15, 0.2) is 5.76 Å². The topological polar surface area (TPSA) is 49.5 Å². The molecule has 1 unspecified atom stereocenters. The van der Waals surface area contributed by atoms with Crippen LogP contribution in [0.4, 0.5) is 0 Å². The molecule has 0 radical (unpaired) electrons. The van der Waals surface area contributed by atoms with Crippen molar-refractivity contribution < 1.29 is 9.63 Å². The minimum atomic E-state index is -0.343. The van der Waals surface area contributed by atoms with Gasteiger partial charge in [0.1, 0.15) is 5.69 Å². The lowest BCUT2D eigenvalue weighted by Gasteiger charge is -2.15. The van der Waals surface area contributed by atoms with Crippen LogP contribution in [0.3, 0.4) is 0 Å². The molecule has 102 valence electrons. The lowest BCUT2D eigenvalue weighted by atomic mass is 10.1. The minimum absolute atomic E-state index is 0.343. The van der Waals surface area contributed by atoms with Gasteiger partial charge < -0.3 is 9.63 Å². The Bertz CT molecular complexity index is 517. The predicted molar refractivity (Wildman–Crippen MR) is 74.7 cm³/mol. The lowest BCUT2D eigenvalue weighted by molar-refractivity contribution is 0.132. The standard InChI is InChI=1S/C15H20N2O2/c1-11-4-6-13(7-5-11)15-8-14(19-16-15)10-17(3)9-12(2)18/h4-8,12,18H,9-10H2,1-3H3. The summed E-state index contributed by atoms with van der Waals surface area (Å²) in [5, 5.41) is 13.4. The second-order valence-electron chi connectivity index (χ2n) is 5.09. The van der Waals surface area contributed by atoms with Crippen LogP contribution in [0, 0.1) is 6.92 Å². The van der Waals surface area contributed by atoms with Crippen LogP contribution in [0.5, 0.6) is 0 Å². The van der Waals surface area contributed by atoms with Crippen molar-refractivity contribution in [3.63, 3.8) is 0 Å². The molecular weight excluding hydrogens is 240 g/mol. The van der Waals surface area contributed by atoms with Crippen LogP contribution in [0.2, 0.25) is 0 Å². The first-order valence-electron chi connectivity index (χ1n) is 6.44. The van der Waals surface area contributed by atoms with Gasteiger partial charge in [-0.15, -0.1) is 0 Å². The van der Waals surface area contributed by atoms with E-state index < -0.39 is 0 Å². The molecule has 2 aromatic rings. The van der Waals surface area contributed by atoms with Crippen molar-refractivity contribution in [2.75, 3.05) is 13.6 Å². The number of aromatic nitrogens is 1. The van der Waals surface area contributed by atoms with E-state index in [2.05, 4.69) is 24.2 Å². The molecule has 1 N–H and O–H groups in total. The van der Waals surface area contributed by atoms with E-state index in [9.17, 15) is 5.11 Å². The highest BCUT2D eigenvalue weighted by Gasteiger charge is 2.10. The zero-order valence-corrected chi connectivity index (χ0v) is 11.6. The maximum absolute atomic E-state index is 9.32. The third kappa shape index (κ3) is 3.91. The fourth-order valence-electron chi connectivity index (χ4n) is 2.03. The Hall–Kier alpha value is -1.65. The molecule has 1 aromatic carbocycles. The Kier molecular flexibility index (Phi) is 4.35. The molecule has 0 saturated carbocycles. The molecule has 4 heteroatoms. The summed E-state index contributed by atoms with van der Waals surface area (Å²) in [6.45, 7) is 5.09. The van der Waals surface area contributed by atoms with Crippen molar-refractivity contribution in [1.29, 1.82) is 0 Å². The van der Waals surface area contributed by atoms with Gasteiger partial charge in [-0.1, -0.05) is 35.0 Å². The molecule has 0 aliphatic heterocycles. The van der Waals surface area contributed by atoms with Crippen molar-refractivity contribution in [2.24, 2.45) is 0 Å². The van der Waals surface area contributed by atoms with E-state index in [4.69, 9.17) is 4.52 Å². The molecule has 0 spiro atoms. The average Bonchev–Trinajstić information content (AvgIpc) is 2.77. The van der Waals surface area contributed by atoms with Crippen LogP contribution in [-0.2, 0) is 6.54 Å². The van der Waals surface area contributed by atoms with Gasteiger partial charge in [0.05, 0.1) is 12.6 Å². The van der Waals surface area contributed by atoms with E-state index in [0.717, 1.165) is 17.0 Å². The van der Waals surface area contributed by atoms with Crippen molar-refractivity contribution >= 4 is 0 Å². The van der Waals surface area contributed by atoms with E-state index in [1.807, 2.05) is 30.1 Å². The van der Waals surface area contributed by atoms with Gasteiger partial charge in [-0.2, -0.15) is 0 Å². The molecule has 1 heterocycles. The van der Waals surface area contributed by atoms with Crippen LogP contribution in [0.15, 0.2) is 34.9 Å². The number of benzene rings is 1. The molecule has 19 heavy (non-hydrogen) atoms. The highest BCUT2D eigenvalue weighted by Crippen LogP contribution is 2.20. The first-order valence-corrected chi connectivity index (χ1v) is 6.44. The summed E-state index contributed by atoms with van der Waals surface area (Å²) < 4.78 is 5.33. The normalized spacial score (nSPS) is 12.9. The summed E-state index contributed by atoms with van der Waals surface area (Å²) in [7, 11) is 1.95. The molecule has 0 saturated heterocycles. The minimum Gasteiger partial charge on any atom is -0.392 e. The second kappa shape index (κ2) is 5.99. The molecule has 1 aromatic heterocycles. The largest absolute Gasteiger partial charge is 0.392 e. The van der Waals surface area contributed by atoms with Gasteiger partial charge in [-0.25, -0.2) is 0 Å². The van der Waals surface area contributed by atoms with Gasteiger partial charge in [0, 0.05) is 18.2 Å². The molecule has 0 fully saturated rings. The first kappa shape index (κ1) is 13.8. The van der Waals surface area contributed by atoms with Crippen LogP contribution < -0.4 is 0 Å². The number of nitrogens with zero attached hydrogens (tertiary/aromatic N) is 2. The second-order valence-corrected chi connectivity index (χ2v) is 5.09. The van der Waals surface area contributed by atoms with Crippen molar-refractivity contribution in [3.8, 4) is 11.3 Å². The number of hydrogen-bond acceptors (Lipinski definition) is 4. The van der Waals surface area contributed by atoms with Crippen LogP contribution in [-0.4, -0.2) is 34.9 Å². The lowest BCUT2D eigenvalue weighted by Crippen LogP contribution is -2.26. The summed E-state index contributed by atoms with van der Waals surface area (Å²) in [5.74, 6) is 0.804. The Balaban J connectivity index is 2.04. The summed E-state index contributed by atoms with van der Waals surface area (Å²) in [4.78, 5) is 2.00. The Morgan fingerprint density at radius 1 is 1.32 bits per heavy atom. The van der Waals surface area contributed by atoms with Crippen molar-refractivity contribution in [1.82, 2.24) is 10.1 Å². The van der Waals surface area contributed by atoms with Crippen LogP contribution in [0.25, 0.3) is 11.3 Å². The van der Waals surface area contributed by atoms with E-state index >= 15 is 0 Å². The number of likely N-dealkylation sites (N-methyl/N-ethyl adjacent to an activating group) is 1. The number of aryl methyl sites for hydroxylation is 1. The summed E-state index contributed by atoms with van der Waals surface area (Å²) in [5.41, 5.74) is 3.13. The summed E-state index contributed by atoms with van der Waals surface area (Å²) in [6.07, 6.45) is -0.343. The highest BCUT2D eigenvalue weighted by molar-refractivity contribution is 5.59. The Morgan fingerprint density at radius 2 is 2.00 bits per heavy atom. The fourth-order valence-corrected chi connectivity index (χ4v) is 2.03. The SMILES string of the molecule is Cc1ccc(-c2cc(CN(C)CC(C)O)on2)cc1. The summed E-state index contributed by atoms with van der Waals surface area (Å²) in [6, 6.07) is 10.1. The van der Waals surface area contributed by atoms with E-state index in [1.54, 1.807) is 6.92 Å². The average molecular weight is 260 g/mol. The molecule has 0 aliphatic carbocycles. The summed E-state index contributed by atoms with van der Waals surface area (Å²) >= 11 is 0. The number of rotatable bonds is 5. The monoisotopic (exact) mass is 260 g/mol. The zero-order chi connectivity index (χ0) is 13.8. The molecule has 0 bridgehead atoms. The number of hydrogen-bond donors (Lipinski definition) is 1. The number of aliphatic hydroxyl groups excluding tert-OH is 1. The molecule has 0 aliphatic rings. The molecule has 1 atom stereocenters. The van der Waals surface area contributed by atoms with Crippen molar-refractivity contribution in [2.45, 2.75) is 26.5 Å². The molecule has 2 rings (SSSR count). The van der Waals surface area contributed by atoms with E-state index in [1.165, 1.54) is 5.56 Å². The van der Waals surface area contributed by atoms with Gasteiger partial charge >= 0.3 is 0 Å². The maximum atomic E-state index is 9.32. The van der Waals surface area contributed by atoms with E-state index in [0.29, 0.717) is 13.1 Å². The quantitative estimate of drug-likeness (QED) is 0.897. The third-order valence-electron chi connectivity index (χ3n) is 2.91. The number of aliphatic hydroxyl groups is 1. The Labute approximate surface area is 113 Å².